The van der Waals surface area contributed by atoms with Gasteiger partial charge in [0.25, 0.3) is 0 Å². The molecule has 20 heavy (non-hydrogen) atoms. The first-order valence-electron chi connectivity index (χ1n) is 7.64. The molecule has 0 saturated carbocycles. The summed E-state index contributed by atoms with van der Waals surface area (Å²) in [6.07, 6.45) is 1.02. The molecule has 1 aromatic rings. The Labute approximate surface area is 123 Å². The molecule has 1 heterocycles. The van der Waals surface area contributed by atoms with Gasteiger partial charge in [-0.1, -0.05) is 47.6 Å². The summed E-state index contributed by atoms with van der Waals surface area (Å²) < 4.78 is 5.74. The van der Waals surface area contributed by atoms with Crippen molar-refractivity contribution in [2.75, 3.05) is 6.61 Å². The van der Waals surface area contributed by atoms with Gasteiger partial charge in [0.1, 0.15) is 5.75 Å². The van der Waals surface area contributed by atoms with E-state index in [1.807, 2.05) is 0 Å². The van der Waals surface area contributed by atoms with Gasteiger partial charge in [0.2, 0.25) is 0 Å². The zero-order chi connectivity index (χ0) is 15.1. The van der Waals surface area contributed by atoms with Gasteiger partial charge in [-0.15, -0.1) is 0 Å². The molecule has 2 nitrogen and oxygen atoms in total. The Morgan fingerprint density at radius 2 is 1.95 bits per heavy atom. The smallest absolute Gasteiger partial charge is 0.123 e. The Morgan fingerprint density at radius 3 is 2.55 bits per heavy atom. The van der Waals surface area contributed by atoms with Crippen molar-refractivity contribution in [1.82, 2.24) is 0 Å². The first-order valence-corrected chi connectivity index (χ1v) is 7.64. The number of rotatable bonds is 3. The van der Waals surface area contributed by atoms with Gasteiger partial charge in [-0.2, -0.15) is 0 Å². The van der Waals surface area contributed by atoms with E-state index >= 15 is 0 Å². The third-order valence-corrected chi connectivity index (χ3v) is 4.84. The highest BCUT2D eigenvalue weighted by atomic mass is 16.5. The Kier molecular flexibility index (Phi) is 3.90. The van der Waals surface area contributed by atoms with Crippen molar-refractivity contribution in [3.63, 3.8) is 0 Å². The van der Waals surface area contributed by atoms with Crippen LogP contribution in [0.25, 0.3) is 0 Å². The summed E-state index contributed by atoms with van der Waals surface area (Å²) in [6, 6.07) is 6.56. The number of benzene rings is 1. The molecule has 0 aromatic heterocycles. The van der Waals surface area contributed by atoms with Crippen LogP contribution in [0.3, 0.4) is 0 Å². The van der Waals surface area contributed by atoms with Crippen LogP contribution in [0.2, 0.25) is 0 Å². The van der Waals surface area contributed by atoms with Crippen molar-refractivity contribution in [2.45, 2.75) is 59.4 Å². The lowest BCUT2D eigenvalue weighted by molar-refractivity contribution is 0.234. The highest BCUT2D eigenvalue weighted by Crippen LogP contribution is 2.40. The van der Waals surface area contributed by atoms with Crippen molar-refractivity contribution >= 4 is 0 Å². The Morgan fingerprint density at radius 1 is 1.30 bits per heavy atom. The van der Waals surface area contributed by atoms with Crippen LogP contribution in [-0.4, -0.2) is 6.61 Å². The summed E-state index contributed by atoms with van der Waals surface area (Å²) in [7, 11) is 0. The molecule has 0 bridgehead atoms. The minimum Gasteiger partial charge on any atom is -0.492 e. The van der Waals surface area contributed by atoms with Crippen molar-refractivity contribution in [2.24, 2.45) is 17.1 Å². The minimum absolute atomic E-state index is 0.0979. The van der Waals surface area contributed by atoms with Crippen LogP contribution >= 0.6 is 0 Å². The predicted octanol–water partition coefficient (Wildman–Crippen LogP) is 4.43. The maximum absolute atomic E-state index is 6.43. The number of hydrogen-bond donors (Lipinski definition) is 1. The third-order valence-electron chi connectivity index (χ3n) is 4.84. The largest absolute Gasteiger partial charge is 0.492 e. The first-order chi connectivity index (χ1) is 9.11. The lowest BCUT2D eigenvalue weighted by atomic mass is 9.77. The molecule has 0 spiro atoms. The number of ether oxygens (including phenoxy) is 1. The fraction of sp³-hybridized carbons (Fsp3) is 0.667. The van der Waals surface area contributed by atoms with E-state index in [9.17, 15) is 0 Å². The van der Waals surface area contributed by atoms with Gasteiger partial charge < -0.3 is 10.5 Å². The summed E-state index contributed by atoms with van der Waals surface area (Å²) in [5.41, 5.74) is 9.37. The molecule has 2 unspecified atom stereocenters. The van der Waals surface area contributed by atoms with Crippen LogP contribution < -0.4 is 10.5 Å². The van der Waals surface area contributed by atoms with Crippen LogP contribution in [-0.2, 0) is 5.41 Å². The van der Waals surface area contributed by atoms with Gasteiger partial charge >= 0.3 is 0 Å². The van der Waals surface area contributed by atoms with Crippen LogP contribution in [0.1, 0.15) is 65.1 Å². The van der Waals surface area contributed by atoms with Gasteiger partial charge in [-0.05, 0) is 35.4 Å². The second kappa shape index (κ2) is 5.07. The highest BCUT2D eigenvalue weighted by molar-refractivity contribution is 5.45. The fourth-order valence-corrected chi connectivity index (χ4v) is 2.64. The van der Waals surface area contributed by atoms with Crippen LogP contribution in [0.4, 0.5) is 0 Å². The van der Waals surface area contributed by atoms with Crippen molar-refractivity contribution in [1.29, 1.82) is 0 Å². The van der Waals surface area contributed by atoms with E-state index in [1.54, 1.807) is 0 Å². The van der Waals surface area contributed by atoms with Crippen molar-refractivity contribution in [3.8, 4) is 5.75 Å². The van der Waals surface area contributed by atoms with E-state index in [-0.39, 0.29) is 11.5 Å². The molecular formula is C18H29NO. The molecule has 112 valence electrons. The van der Waals surface area contributed by atoms with Gasteiger partial charge in [0.15, 0.2) is 0 Å². The zero-order valence-corrected chi connectivity index (χ0v) is 13.8. The quantitative estimate of drug-likeness (QED) is 0.885. The summed E-state index contributed by atoms with van der Waals surface area (Å²) in [5.74, 6) is 1.62. The molecule has 1 aliphatic rings. The summed E-state index contributed by atoms with van der Waals surface area (Å²) in [6.45, 7) is 14.4. The average molecular weight is 275 g/mol. The van der Waals surface area contributed by atoms with Crippen LogP contribution in [0, 0.1) is 11.3 Å². The van der Waals surface area contributed by atoms with Gasteiger partial charge in [-0.25, -0.2) is 0 Å². The summed E-state index contributed by atoms with van der Waals surface area (Å²) >= 11 is 0. The van der Waals surface area contributed by atoms with Gasteiger partial charge in [0, 0.05) is 17.0 Å². The maximum atomic E-state index is 6.43. The van der Waals surface area contributed by atoms with E-state index in [1.165, 1.54) is 11.1 Å². The summed E-state index contributed by atoms with van der Waals surface area (Å²) in [4.78, 5) is 0. The van der Waals surface area contributed by atoms with E-state index < -0.39 is 0 Å². The molecule has 0 amide bonds. The highest BCUT2D eigenvalue weighted by Gasteiger charge is 2.32. The SMILES string of the molecule is CC(CC(N)c1ccc2c(c1)C(C)(C)CO2)C(C)(C)C. The van der Waals surface area contributed by atoms with Gasteiger partial charge in [-0.3, -0.25) is 0 Å². The molecule has 1 aliphatic heterocycles. The Hall–Kier alpha value is -1.02. The first kappa shape index (κ1) is 15.4. The molecule has 2 rings (SSSR count). The normalized spacial score (nSPS) is 20.1. The standard InChI is InChI=1S/C18H29NO/c1-12(17(2,3)4)9-15(19)13-7-8-16-14(10-13)18(5,6)11-20-16/h7-8,10,12,15H,9,11,19H2,1-6H3. The van der Waals surface area contributed by atoms with E-state index in [0.29, 0.717) is 11.3 Å². The number of nitrogens with two attached hydrogens (primary N) is 1. The Bertz CT molecular complexity index is 485. The third kappa shape index (κ3) is 3.01. The second-order valence-corrected chi connectivity index (χ2v) is 8.04. The second-order valence-electron chi connectivity index (χ2n) is 8.04. The molecule has 1 aromatic carbocycles. The molecule has 2 atom stereocenters. The molecule has 2 heteroatoms. The molecular weight excluding hydrogens is 246 g/mol. The lowest BCUT2D eigenvalue weighted by Gasteiger charge is -2.30. The van der Waals surface area contributed by atoms with E-state index in [4.69, 9.17) is 10.5 Å². The van der Waals surface area contributed by atoms with E-state index in [0.717, 1.165) is 18.8 Å². The fourth-order valence-electron chi connectivity index (χ4n) is 2.64. The number of hydrogen-bond acceptors (Lipinski definition) is 2. The topological polar surface area (TPSA) is 35.2 Å². The monoisotopic (exact) mass is 275 g/mol. The Balaban J connectivity index is 2.18. The predicted molar refractivity (Wildman–Crippen MR) is 85.1 cm³/mol. The van der Waals surface area contributed by atoms with Crippen LogP contribution in [0.5, 0.6) is 5.75 Å². The maximum Gasteiger partial charge on any atom is 0.123 e. The zero-order valence-electron chi connectivity index (χ0n) is 13.8. The molecule has 0 fully saturated rings. The van der Waals surface area contributed by atoms with Crippen LogP contribution in [0.15, 0.2) is 18.2 Å². The van der Waals surface area contributed by atoms with E-state index in [2.05, 4.69) is 59.7 Å². The molecule has 0 aliphatic carbocycles. The molecule has 0 saturated heterocycles. The minimum atomic E-state index is 0.0979. The average Bonchev–Trinajstić information content (AvgIpc) is 2.64. The summed E-state index contributed by atoms with van der Waals surface area (Å²) in [5, 5.41) is 0. The van der Waals surface area contributed by atoms with Gasteiger partial charge in [0.05, 0.1) is 6.61 Å². The molecule has 2 N–H and O–H groups in total. The lowest BCUT2D eigenvalue weighted by Crippen LogP contribution is -2.23. The molecule has 0 radical (unpaired) electrons. The van der Waals surface area contributed by atoms with Crippen molar-refractivity contribution in [3.05, 3.63) is 29.3 Å². The van der Waals surface area contributed by atoms with Crippen molar-refractivity contribution < 1.29 is 4.74 Å². The number of fused-ring (bicyclic) bond motifs is 1.